The summed E-state index contributed by atoms with van der Waals surface area (Å²) in [6.45, 7) is 0.0662. The number of methoxy groups -OCH3 is 1. The van der Waals surface area contributed by atoms with Crippen LogP contribution in [0.5, 0.6) is 5.75 Å². The van der Waals surface area contributed by atoms with Crippen molar-refractivity contribution in [1.29, 1.82) is 0 Å². The van der Waals surface area contributed by atoms with Crippen LogP contribution in [0.25, 0.3) is 0 Å². The molecule has 0 spiro atoms. The highest BCUT2D eigenvalue weighted by atomic mass is 32.2. The summed E-state index contributed by atoms with van der Waals surface area (Å²) in [7, 11) is -2.08. The fourth-order valence-corrected chi connectivity index (χ4v) is 3.75. The number of ether oxygens (including phenoxy) is 1. The first-order chi connectivity index (χ1) is 14.0. The van der Waals surface area contributed by atoms with Gasteiger partial charge in [0.2, 0.25) is 15.9 Å². The van der Waals surface area contributed by atoms with Gasteiger partial charge in [0, 0.05) is 12.1 Å². The molecule has 0 unspecified atom stereocenters. The Morgan fingerprint density at radius 2 is 1.79 bits per heavy atom. The molecule has 0 aliphatic rings. The lowest BCUT2D eigenvalue weighted by Crippen LogP contribution is -2.23. The van der Waals surface area contributed by atoms with E-state index in [0.717, 1.165) is 11.3 Å². The number of aryl methyl sites for hydroxylation is 1. The van der Waals surface area contributed by atoms with Crippen molar-refractivity contribution in [3.8, 4) is 5.75 Å². The minimum Gasteiger partial charge on any atom is -0.496 e. The van der Waals surface area contributed by atoms with Gasteiger partial charge in [-0.15, -0.1) is 0 Å². The van der Waals surface area contributed by atoms with Crippen LogP contribution in [-0.4, -0.2) is 21.4 Å². The minimum absolute atomic E-state index is 0.0662. The van der Waals surface area contributed by atoms with Crippen molar-refractivity contribution < 1.29 is 22.4 Å². The molecule has 0 saturated heterocycles. The van der Waals surface area contributed by atoms with Crippen molar-refractivity contribution in [3.63, 3.8) is 0 Å². The van der Waals surface area contributed by atoms with E-state index in [4.69, 9.17) is 9.15 Å². The number of benzene rings is 2. The minimum atomic E-state index is -3.67. The Kier molecular flexibility index (Phi) is 6.69. The highest BCUT2D eigenvalue weighted by Crippen LogP contribution is 2.19. The van der Waals surface area contributed by atoms with Crippen molar-refractivity contribution in [2.75, 3.05) is 12.4 Å². The number of hydrogen-bond donors (Lipinski definition) is 2. The summed E-state index contributed by atoms with van der Waals surface area (Å²) in [6, 6.07) is 16.9. The summed E-state index contributed by atoms with van der Waals surface area (Å²) in [5.74, 6) is 1.10. The number of sulfonamides is 1. The molecule has 29 heavy (non-hydrogen) atoms. The Morgan fingerprint density at radius 3 is 2.48 bits per heavy atom. The topological polar surface area (TPSA) is 97.6 Å². The number of nitrogens with one attached hydrogen (secondary N) is 2. The predicted molar refractivity (Wildman–Crippen MR) is 109 cm³/mol. The van der Waals surface area contributed by atoms with Crippen molar-refractivity contribution in [1.82, 2.24) is 4.72 Å². The van der Waals surface area contributed by atoms with Crippen molar-refractivity contribution in [3.05, 3.63) is 78.3 Å². The molecular weight excluding hydrogens is 392 g/mol. The van der Waals surface area contributed by atoms with E-state index in [2.05, 4.69) is 10.0 Å². The van der Waals surface area contributed by atoms with Crippen LogP contribution in [-0.2, 0) is 27.8 Å². The van der Waals surface area contributed by atoms with Gasteiger partial charge in [0.15, 0.2) is 0 Å². The zero-order chi connectivity index (χ0) is 20.7. The number of hydrogen-bond acceptors (Lipinski definition) is 5. The molecule has 1 aromatic heterocycles. The third-order valence-electron chi connectivity index (χ3n) is 4.28. The first kappa shape index (κ1) is 20.6. The highest BCUT2D eigenvalue weighted by molar-refractivity contribution is 7.89. The van der Waals surface area contributed by atoms with Gasteiger partial charge in [-0.05, 0) is 54.4 Å². The molecule has 0 aliphatic carbocycles. The Morgan fingerprint density at radius 1 is 1.03 bits per heavy atom. The molecule has 1 heterocycles. The van der Waals surface area contributed by atoms with E-state index in [1.165, 1.54) is 18.4 Å². The highest BCUT2D eigenvalue weighted by Gasteiger charge is 2.14. The molecule has 0 aliphatic heterocycles. The third-order valence-corrected chi connectivity index (χ3v) is 5.70. The first-order valence-electron chi connectivity index (χ1n) is 9.02. The number of amides is 1. The second kappa shape index (κ2) is 9.40. The molecule has 7 nitrogen and oxygen atoms in total. The van der Waals surface area contributed by atoms with Gasteiger partial charge in [-0.25, -0.2) is 13.1 Å². The molecule has 8 heteroatoms. The molecule has 0 fully saturated rings. The molecule has 0 atom stereocenters. The second-order valence-corrected chi connectivity index (χ2v) is 8.06. The normalized spacial score (nSPS) is 11.2. The van der Waals surface area contributed by atoms with E-state index in [9.17, 15) is 13.2 Å². The molecule has 2 aromatic carbocycles. The Balaban J connectivity index is 1.55. The lowest BCUT2D eigenvalue weighted by molar-refractivity contribution is -0.116. The maximum Gasteiger partial charge on any atom is 0.240 e. The Labute approximate surface area is 169 Å². The molecule has 0 bridgehead atoms. The number of anilines is 1. The van der Waals surface area contributed by atoms with Crippen LogP contribution < -0.4 is 14.8 Å². The maximum atomic E-state index is 12.3. The van der Waals surface area contributed by atoms with Crippen LogP contribution in [0, 0.1) is 0 Å². The predicted octanol–water partition coefficient (Wildman–Crippen LogP) is 3.34. The first-order valence-corrected chi connectivity index (χ1v) is 10.5. The lowest BCUT2D eigenvalue weighted by atomic mass is 10.1. The van der Waals surface area contributed by atoms with Gasteiger partial charge in [0.05, 0.1) is 24.8 Å². The fourth-order valence-electron chi connectivity index (χ4n) is 2.76. The van der Waals surface area contributed by atoms with Gasteiger partial charge < -0.3 is 14.5 Å². The summed E-state index contributed by atoms with van der Waals surface area (Å²) in [5, 5.41) is 2.77. The fraction of sp³-hybridized carbons (Fsp3) is 0.190. The monoisotopic (exact) mass is 414 g/mol. The van der Waals surface area contributed by atoms with Crippen LogP contribution in [0.15, 0.2) is 76.2 Å². The third kappa shape index (κ3) is 5.69. The van der Waals surface area contributed by atoms with Crippen molar-refractivity contribution in [2.45, 2.75) is 24.3 Å². The Hall–Kier alpha value is -3.10. The zero-order valence-electron chi connectivity index (χ0n) is 15.9. The van der Waals surface area contributed by atoms with Gasteiger partial charge >= 0.3 is 0 Å². The van der Waals surface area contributed by atoms with Crippen molar-refractivity contribution in [2.24, 2.45) is 0 Å². The molecule has 3 aromatic rings. The molecule has 1 amide bonds. The van der Waals surface area contributed by atoms with E-state index < -0.39 is 10.0 Å². The molecule has 2 N–H and O–H groups in total. The van der Waals surface area contributed by atoms with E-state index >= 15 is 0 Å². The quantitative estimate of drug-likeness (QED) is 0.560. The Bertz CT molecular complexity index is 1040. The van der Waals surface area contributed by atoms with E-state index in [1.54, 1.807) is 31.4 Å². The largest absolute Gasteiger partial charge is 0.496 e. The van der Waals surface area contributed by atoms with E-state index in [-0.39, 0.29) is 23.8 Å². The summed E-state index contributed by atoms with van der Waals surface area (Å²) in [6.07, 6.45) is 2.30. The molecule has 152 valence electrons. The number of rotatable bonds is 9. The van der Waals surface area contributed by atoms with E-state index in [0.29, 0.717) is 17.9 Å². The van der Waals surface area contributed by atoms with Crippen LogP contribution in [0.1, 0.15) is 17.7 Å². The van der Waals surface area contributed by atoms with E-state index in [1.807, 2.05) is 24.3 Å². The molecule has 3 rings (SSSR count). The van der Waals surface area contributed by atoms with Crippen LogP contribution >= 0.6 is 0 Å². The molecular formula is C21H22N2O5S. The van der Waals surface area contributed by atoms with Gasteiger partial charge in [0.1, 0.15) is 11.5 Å². The zero-order valence-corrected chi connectivity index (χ0v) is 16.7. The number of carbonyl (C=O) groups excluding carboxylic acids is 1. The van der Waals surface area contributed by atoms with Crippen LogP contribution in [0.3, 0.4) is 0 Å². The number of para-hydroxylation sites is 1. The van der Waals surface area contributed by atoms with Crippen LogP contribution in [0.4, 0.5) is 5.69 Å². The van der Waals surface area contributed by atoms with Gasteiger partial charge in [-0.1, -0.05) is 18.2 Å². The van der Waals surface area contributed by atoms with Crippen molar-refractivity contribution >= 4 is 21.6 Å². The summed E-state index contributed by atoms with van der Waals surface area (Å²) in [5.41, 5.74) is 1.48. The average molecular weight is 414 g/mol. The SMILES string of the molecule is COc1ccccc1CCC(=O)Nc1ccc(S(=O)(=O)NCc2ccco2)cc1. The number of furan rings is 1. The number of carbonyl (C=O) groups is 1. The van der Waals surface area contributed by atoms with Gasteiger partial charge in [-0.3, -0.25) is 4.79 Å². The lowest BCUT2D eigenvalue weighted by Gasteiger charge is -2.09. The summed E-state index contributed by atoms with van der Waals surface area (Å²) < 4.78 is 37.5. The van der Waals surface area contributed by atoms with Gasteiger partial charge in [0.25, 0.3) is 0 Å². The average Bonchev–Trinajstić information content (AvgIpc) is 3.25. The summed E-state index contributed by atoms with van der Waals surface area (Å²) >= 11 is 0. The van der Waals surface area contributed by atoms with Crippen LogP contribution in [0.2, 0.25) is 0 Å². The maximum absolute atomic E-state index is 12.3. The smallest absolute Gasteiger partial charge is 0.240 e. The van der Waals surface area contributed by atoms with Gasteiger partial charge in [-0.2, -0.15) is 0 Å². The summed E-state index contributed by atoms with van der Waals surface area (Å²) in [4.78, 5) is 12.3. The second-order valence-electron chi connectivity index (χ2n) is 6.29. The molecule has 0 radical (unpaired) electrons. The standard InChI is InChI=1S/C21H22N2O5S/c1-27-20-7-3-2-5-16(20)8-13-21(24)23-17-9-11-19(12-10-17)29(25,26)22-15-18-6-4-14-28-18/h2-7,9-12,14,22H,8,13,15H2,1H3,(H,23,24). The molecule has 0 saturated carbocycles.